The first-order valence-electron chi connectivity index (χ1n) is 14.3. The number of phenols is 1. The Morgan fingerprint density at radius 1 is 1.17 bits per heavy atom. The summed E-state index contributed by atoms with van der Waals surface area (Å²) in [6.07, 6.45) is 6.00. The van der Waals surface area contributed by atoms with Crippen LogP contribution in [0.4, 0.5) is 0 Å². The molecule has 1 aromatic rings. The lowest BCUT2D eigenvalue weighted by molar-refractivity contribution is -0.141. The SMILES string of the molecule is CCC/C(=C\c1cc(I)c(O)c(OC)c1)CC[C@@H](O)C1=C(C)C[C@H]2C(=O)N(CCCCCC(=O)O)C(=O)[C@H]2[C@H]1CO. The number of rotatable bonds is 15. The average molecular weight is 684 g/mol. The number of imide groups is 1. The van der Waals surface area contributed by atoms with Crippen molar-refractivity contribution < 1.29 is 39.5 Å². The monoisotopic (exact) mass is 683 g/mol. The third-order valence-electron chi connectivity index (χ3n) is 8.20. The summed E-state index contributed by atoms with van der Waals surface area (Å²) < 4.78 is 5.97. The molecule has 0 unspecified atom stereocenters. The van der Waals surface area contributed by atoms with Crippen LogP contribution in [0, 0.1) is 21.3 Å². The van der Waals surface area contributed by atoms with Crippen molar-refractivity contribution in [3.8, 4) is 11.5 Å². The van der Waals surface area contributed by atoms with Gasteiger partial charge in [0.05, 0.1) is 35.2 Å². The number of likely N-dealkylation sites (tertiary alicyclic amines) is 1. The summed E-state index contributed by atoms with van der Waals surface area (Å²) in [7, 11) is 1.51. The number of aliphatic carboxylic acids is 1. The zero-order chi connectivity index (χ0) is 30.3. The third-order valence-corrected chi connectivity index (χ3v) is 9.02. The number of halogens is 1. The topological polar surface area (TPSA) is 145 Å². The highest BCUT2D eigenvalue weighted by molar-refractivity contribution is 14.1. The van der Waals surface area contributed by atoms with Gasteiger partial charge in [-0.25, -0.2) is 0 Å². The van der Waals surface area contributed by atoms with Gasteiger partial charge in [-0.1, -0.05) is 37.0 Å². The van der Waals surface area contributed by atoms with Gasteiger partial charge < -0.3 is 25.2 Å². The third kappa shape index (κ3) is 7.90. The molecule has 1 heterocycles. The van der Waals surface area contributed by atoms with E-state index in [1.807, 2.05) is 13.0 Å². The molecular formula is C31H42INO8. The number of allylic oxidation sites excluding steroid dienone is 2. The van der Waals surface area contributed by atoms with Crippen LogP contribution in [0.15, 0.2) is 28.9 Å². The van der Waals surface area contributed by atoms with Crippen molar-refractivity contribution in [2.75, 3.05) is 20.3 Å². The predicted octanol–water partition coefficient (Wildman–Crippen LogP) is 4.90. The van der Waals surface area contributed by atoms with E-state index in [4.69, 9.17) is 9.84 Å². The molecule has 1 aromatic carbocycles. The van der Waals surface area contributed by atoms with Crippen LogP contribution in [0.3, 0.4) is 0 Å². The minimum atomic E-state index is -0.865. The fourth-order valence-electron chi connectivity index (χ4n) is 6.26. The number of amides is 2. The molecule has 1 aliphatic heterocycles. The molecule has 0 saturated carbocycles. The molecule has 2 amide bonds. The van der Waals surface area contributed by atoms with Gasteiger partial charge in [0.25, 0.3) is 0 Å². The first-order valence-corrected chi connectivity index (χ1v) is 15.4. The largest absolute Gasteiger partial charge is 0.504 e. The van der Waals surface area contributed by atoms with E-state index < -0.39 is 29.8 Å². The van der Waals surface area contributed by atoms with Gasteiger partial charge in [-0.3, -0.25) is 19.3 Å². The number of carbonyl (C=O) groups excluding carboxylic acids is 2. The van der Waals surface area contributed by atoms with Crippen LogP contribution in [0.2, 0.25) is 0 Å². The van der Waals surface area contributed by atoms with Crippen molar-refractivity contribution in [3.05, 3.63) is 38.0 Å². The zero-order valence-corrected chi connectivity index (χ0v) is 26.2. The highest BCUT2D eigenvalue weighted by atomic mass is 127. The van der Waals surface area contributed by atoms with E-state index in [0.717, 1.165) is 29.6 Å². The highest BCUT2D eigenvalue weighted by Gasteiger charge is 2.54. The molecule has 226 valence electrons. The fraction of sp³-hybridized carbons (Fsp3) is 0.581. The first kappa shape index (κ1) is 33.1. The maximum absolute atomic E-state index is 13.4. The fourth-order valence-corrected chi connectivity index (χ4v) is 6.89. The van der Waals surface area contributed by atoms with Gasteiger partial charge in [0.1, 0.15) is 0 Å². The average Bonchev–Trinajstić information content (AvgIpc) is 3.16. The van der Waals surface area contributed by atoms with Crippen LogP contribution >= 0.6 is 22.6 Å². The number of ether oxygens (including phenoxy) is 1. The van der Waals surface area contributed by atoms with E-state index in [-0.39, 0.29) is 37.1 Å². The second kappa shape index (κ2) is 15.2. The Hall–Kier alpha value is -2.44. The van der Waals surface area contributed by atoms with E-state index in [9.17, 15) is 29.7 Å². The van der Waals surface area contributed by atoms with E-state index in [0.29, 0.717) is 53.4 Å². The number of nitrogens with zero attached hydrogens (tertiary/aromatic N) is 1. The van der Waals surface area contributed by atoms with Gasteiger partial charge in [0.15, 0.2) is 11.5 Å². The summed E-state index contributed by atoms with van der Waals surface area (Å²) in [6, 6.07) is 3.65. The molecule has 41 heavy (non-hydrogen) atoms. The number of carboxylic acid groups (broad SMARTS) is 1. The van der Waals surface area contributed by atoms with Gasteiger partial charge in [-0.2, -0.15) is 0 Å². The molecule has 1 fully saturated rings. The summed E-state index contributed by atoms with van der Waals surface area (Å²) in [6.45, 7) is 3.87. The number of hydrogen-bond acceptors (Lipinski definition) is 7. The van der Waals surface area contributed by atoms with Crippen molar-refractivity contribution in [2.24, 2.45) is 17.8 Å². The van der Waals surface area contributed by atoms with Crippen molar-refractivity contribution in [3.63, 3.8) is 0 Å². The number of phenolic OH excluding ortho intramolecular Hbond substituents is 1. The number of hydrogen-bond donors (Lipinski definition) is 4. The molecule has 4 N–H and O–H groups in total. The molecular weight excluding hydrogens is 641 g/mol. The lowest BCUT2D eigenvalue weighted by Gasteiger charge is -2.35. The smallest absolute Gasteiger partial charge is 0.303 e. The zero-order valence-electron chi connectivity index (χ0n) is 24.1. The first-order chi connectivity index (χ1) is 19.5. The van der Waals surface area contributed by atoms with Crippen LogP contribution in [-0.4, -0.2) is 69.5 Å². The quantitative estimate of drug-likeness (QED) is 0.0885. The number of unbranched alkanes of at least 4 members (excludes halogenated alkanes) is 2. The lowest BCUT2D eigenvalue weighted by Crippen LogP contribution is -2.39. The Bertz CT molecular complexity index is 1190. The lowest BCUT2D eigenvalue weighted by atomic mass is 9.68. The van der Waals surface area contributed by atoms with Crippen LogP contribution < -0.4 is 4.74 Å². The number of fused-ring (bicyclic) bond motifs is 1. The summed E-state index contributed by atoms with van der Waals surface area (Å²) in [5.74, 6) is -2.79. The Morgan fingerprint density at radius 2 is 1.90 bits per heavy atom. The molecule has 0 radical (unpaired) electrons. The van der Waals surface area contributed by atoms with Crippen LogP contribution in [0.1, 0.15) is 77.2 Å². The normalized spacial score (nSPS) is 21.9. The summed E-state index contributed by atoms with van der Waals surface area (Å²) in [5.41, 5.74) is 3.53. The summed E-state index contributed by atoms with van der Waals surface area (Å²) in [5, 5.41) is 40.7. The van der Waals surface area contributed by atoms with Gasteiger partial charge in [-0.05, 0) is 91.3 Å². The number of carboxylic acids is 1. The van der Waals surface area contributed by atoms with Crippen LogP contribution in [0.25, 0.3) is 6.08 Å². The number of methoxy groups -OCH3 is 1. The summed E-state index contributed by atoms with van der Waals surface area (Å²) >= 11 is 2.06. The number of aliphatic hydroxyl groups excluding tert-OH is 2. The molecule has 0 aromatic heterocycles. The van der Waals surface area contributed by atoms with E-state index in [1.165, 1.54) is 12.0 Å². The van der Waals surface area contributed by atoms with E-state index >= 15 is 0 Å². The molecule has 9 nitrogen and oxygen atoms in total. The van der Waals surface area contributed by atoms with Crippen molar-refractivity contribution in [2.45, 2.75) is 77.7 Å². The van der Waals surface area contributed by atoms with Gasteiger partial charge in [0, 0.05) is 18.9 Å². The van der Waals surface area contributed by atoms with Crippen molar-refractivity contribution in [1.82, 2.24) is 4.90 Å². The number of aromatic hydroxyl groups is 1. The van der Waals surface area contributed by atoms with E-state index in [2.05, 4.69) is 35.6 Å². The molecule has 4 atom stereocenters. The van der Waals surface area contributed by atoms with Gasteiger partial charge >= 0.3 is 5.97 Å². The number of aliphatic hydroxyl groups is 2. The predicted molar refractivity (Wildman–Crippen MR) is 163 cm³/mol. The second-order valence-corrected chi connectivity index (χ2v) is 12.2. The van der Waals surface area contributed by atoms with Crippen molar-refractivity contribution >= 4 is 46.5 Å². The van der Waals surface area contributed by atoms with Gasteiger partial charge in [-0.15, -0.1) is 0 Å². The Balaban J connectivity index is 1.73. The molecule has 0 bridgehead atoms. The van der Waals surface area contributed by atoms with Crippen molar-refractivity contribution in [1.29, 1.82) is 0 Å². The van der Waals surface area contributed by atoms with E-state index in [1.54, 1.807) is 6.07 Å². The molecule has 0 spiro atoms. The standard InChI is InChI=1S/C31H42INO8/c1-4-8-19(14-20-15-23(32)29(38)25(16-20)41-3)10-11-24(35)27-18(2)13-21-28(22(27)17-34)31(40)33(30(21)39)12-7-5-6-9-26(36)37/h14-16,21-22,24,28,34-35,38H,4-13,17H2,1-3H3,(H,36,37)/b19-14+/t21-,22+,24-,28-/m1/s1. The van der Waals surface area contributed by atoms with Crippen LogP contribution in [0.5, 0.6) is 11.5 Å². The maximum atomic E-state index is 13.4. The summed E-state index contributed by atoms with van der Waals surface area (Å²) in [4.78, 5) is 38.6. The molecule has 1 aliphatic carbocycles. The Kier molecular flexibility index (Phi) is 12.2. The molecule has 10 heteroatoms. The Morgan fingerprint density at radius 3 is 2.54 bits per heavy atom. The van der Waals surface area contributed by atoms with Crippen LogP contribution in [-0.2, 0) is 14.4 Å². The maximum Gasteiger partial charge on any atom is 0.303 e. The minimum Gasteiger partial charge on any atom is -0.504 e. The second-order valence-electron chi connectivity index (χ2n) is 11.1. The molecule has 1 saturated heterocycles. The minimum absolute atomic E-state index is 0.0572. The van der Waals surface area contributed by atoms with Gasteiger partial charge in [0.2, 0.25) is 11.8 Å². The molecule has 2 aliphatic rings. The Labute approximate surface area is 255 Å². The molecule has 3 rings (SSSR count). The number of benzene rings is 1. The number of carbonyl (C=O) groups is 3. The highest BCUT2D eigenvalue weighted by Crippen LogP contribution is 2.46.